The molecule has 290 valence electrons. The molecular weight excluding hydrogens is 716 g/mol. The summed E-state index contributed by atoms with van der Waals surface area (Å²) in [6.07, 6.45) is 0.775. The monoisotopic (exact) mass is 759 g/mol. The van der Waals surface area contributed by atoms with Gasteiger partial charge >= 0.3 is 18.2 Å². The predicted octanol–water partition coefficient (Wildman–Crippen LogP) is 6.45. The number of alkyl carbamates (subject to hydrolysis) is 1. The third kappa shape index (κ3) is 10.2. The fourth-order valence-electron chi connectivity index (χ4n) is 6.08. The Labute approximate surface area is 316 Å². The smallest absolute Gasteiger partial charge is 0.410 e. The van der Waals surface area contributed by atoms with E-state index in [0.29, 0.717) is 36.4 Å². The van der Waals surface area contributed by atoms with Crippen molar-refractivity contribution < 1.29 is 42.5 Å². The number of carbonyl (C=O) groups is 4. The summed E-state index contributed by atoms with van der Waals surface area (Å²) < 4.78 is 42.6. The molecule has 1 aliphatic rings. The van der Waals surface area contributed by atoms with Crippen molar-refractivity contribution in [2.24, 2.45) is 5.92 Å². The Hall–Kier alpha value is -6.25. The molecule has 0 bridgehead atoms. The average Bonchev–Trinajstić information content (AvgIpc) is 3.18. The molecule has 0 radical (unpaired) electrons. The fourth-order valence-corrected chi connectivity index (χ4v) is 6.08. The lowest BCUT2D eigenvalue weighted by Gasteiger charge is -2.35. The van der Waals surface area contributed by atoms with Gasteiger partial charge in [0.15, 0.2) is 0 Å². The van der Waals surface area contributed by atoms with E-state index in [-0.39, 0.29) is 49.7 Å². The summed E-state index contributed by atoms with van der Waals surface area (Å²) in [6.45, 7) is 6.72. The normalized spacial score (nSPS) is 13.7. The molecule has 0 saturated carbocycles. The number of aromatic nitrogens is 1. The first kappa shape index (κ1) is 39.9. The zero-order chi connectivity index (χ0) is 39.6. The molecule has 1 aliphatic heterocycles. The minimum atomic E-state index is -1.38. The topological polar surface area (TPSA) is 160 Å². The summed E-state index contributed by atoms with van der Waals surface area (Å²) >= 11 is 0. The van der Waals surface area contributed by atoms with E-state index in [4.69, 9.17) is 9.47 Å². The van der Waals surface area contributed by atoms with E-state index in [1.165, 1.54) is 17.2 Å². The van der Waals surface area contributed by atoms with E-state index < -0.39 is 52.7 Å². The van der Waals surface area contributed by atoms with Crippen LogP contribution in [0.2, 0.25) is 0 Å². The lowest BCUT2D eigenvalue weighted by Crippen LogP contribution is -2.49. The van der Waals surface area contributed by atoms with Gasteiger partial charge in [0.2, 0.25) is 11.3 Å². The Morgan fingerprint density at radius 3 is 2.22 bits per heavy atom. The van der Waals surface area contributed by atoms with Crippen LogP contribution in [0.3, 0.4) is 0 Å². The third-order valence-electron chi connectivity index (χ3n) is 9.13. The number of nitrogens with zero attached hydrogens (tertiary/aromatic N) is 3. The van der Waals surface area contributed by atoms with Crippen molar-refractivity contribution in [3.8, 4) is 0 Å². The zero-order valence-electron chi connectivity index (χ0n) is 30.7. The van der Waals surface area contributed by atoms with Crippen molar-refractivity contribution in [1.29, 1.82) is 0 Å². The molecule has 1 unspecified atom stereocenters. The van der Waals surface area contributed by atoms with Crippen LogP contribution >= 0.6 is 0 Å². The van der Waals surface area contributed by atoms with E-state index in [1.54, 1.807) is 66.6 Å². The Morgan fingerprint density at radius 2 is 1.58 bits per heavy atom. The highest BCUT2D eigenvalue weighted by atomic mass is 19.1. The Morgan fingerprint density at radius 1 is 0.927 bits per heavy atom. The number of halogens is 2. The van der Waals surface area contributed by atoms with Crippen molar-refractivity contribution in [3.05, 3.63) is 118 Å². The number of pyridine rings is 1. The van der Waals surface area contributed by atoms with Crippen LogP contribution in [0.1, 0.15) is 48.7 Å². The number of hydrogen-bond acceptors (Lipinski definition) is 8. The number of carbonyl (C=O) groups excluding carboxylic acids is 3. The van der Waals surface area contributed by atoms with Crippen LogP contribution in [0.5, 0.6) is 0 Å². The van der Waals surface area contributed by atoms with Crippen molar-refractivity contribution >= 4 is 46.3 Å². The highest BCUT2D eigenvalue weighted by molar-refractivity contribution is 5.94. The van der Waals surface area contributed by atoms with Crippen LogP contribution < -0.4 is 21.0 Å². The second-order valence-electron chi connectivity index (χ2n) is 13.3. The number of rotatable bonds is 13. The molecule has 3 amide bonds. The van der Waals surface area contributed by atoms with Gasteiger partial charge in [0.1, 0.15) is 30.4 Å². The molecule has 55 heavy (non-hydrogen) atoms. The van der Waals surface area contributed by atoms with Gasteiger partial charge in [-0.1, -0.05) is 56.3 Å². The van der Waals surface area contributed by atoms with Crippen molar-refractivity contribution in [2.45, 2.75) is 53.0 Å². The summed E-state index contributed by atoms with van der Waals surface area (Å²) in [5, 5.41) is 14.6. The van der Waals surface area contributed by atoms with E-state index in [2.05, 4.69) is 10.6 Å². The van der Waals surface area contributed by atoms with Crippen LogP contribution in [0.15, 0.2) is 89.6 Å². The quantitative estimate of drug-likeness (QED) is 0.139. The largest absolute Gasteiger partial charge is 0.477 e. The molecule has 1 fully saturated rings. The van der Waals surface area contributed by atoms with E-state index in [1.807, 2.05) is 18.2 Å². The number of nitrogens with one attached hydrogen (secondary N) is 2. The first-order valence-corrected chi connectivity index (χ1v) is 17.8. The Kier molecular flexibility index (Phi) is 13.2. The minimum Gasteiger partial charge on any atom is -0.477 e. The number of carboxylic acid groups (broad SMARTS) is 1. The number of hydrogen-bond donors (Lipinski definition) is 3. The second kappa shape index (κ2) is 18.2. The molecule has 13 nitrogen and oxygen atoms in total. The van der Waals surface area contributed by atoms with Gasteiger partial charge in [-0.05, 0) is 54.3 Å². The molecule has 3 aromatic carbocycles. The zero-order valence-corrected chi connectivity index (χ0v) is 30.7. The number of piperazine rings is 1. The summed E-state index contributed by atoms with van der Waals surface area (Å²) in [7, 11) is 0. The fraction of sp³-hybridized carbons (Fsp3) is 0.325. The maximum absolute atomic E-state index is 15.2. The van der Waals surface area contributed by atoms with Gasteiger partial charge in [0, 0.05) is 56.4 Å². The summed E-state index contributed by atoms with van der Waals surface area (Å²) in [4.78, 5) is 65.2. The van der Waals surface area contributed by atoms with E-state index >= 15 is 8.78 Å². The number of aryl methyl sites for hydroxylation is 1. The number of aromatic carboxylic acids is 1. The minimum absolute atomic E-state index is 0.0201. The number of ether oxygens (including phenoxy) is 2. The highest BCUT2D eigenvalue weighted by Crippen LogP contribution is 2.27. The SMILES string of the molecule is CCn1cc(C(=O)O)c(=O)c2cc(F)c(N3CCN(C(=O)OCc4ccc(NC(=O)C/C=C(\F)C(NC(=O)OCc5ccccc5)C(C)C)cc4)CC3)cc21. The number of benzene rings is 3. The molecule has 3 N–H and O–H groups in total. The summed E-state index contributed by atoms with van der Waals surface area (Å²) in [5.74, 6) is -3.49. The van der Waals surface area contributed by atoms with E-state index in [0.717, 1.165) is 17.7 Å². The van der Waals surface area contributed by atoms with Gasteiger partial charge in [-0.15, -0.1) is 0 Å². The first-order chi connectivity index (χ1) is 26.3. The molecular formula is C40H43F2N5O8. The number of anilines is 2. The molecule has 2 heterocycles. The van der Waals surface area contributed by atoms with Crippen molar-refractivity contribution in [2.75, 3.05) is 36.4 Å². The lowest BCUT2D eigenvalue weighted by molar-refractivity contribution is -0.115. The Balaban J connectivity index is 1.07. The van der Waals surface area contributed by atoms with Crippen LogP contribution in [-0.2, 0) is 34.0 Å². The maximum Gasteiger partial charge on any atom is 0.410 e. The third-order valence-corrected chi connectivity index (χ3v) is 9.13. The van der Waals surface area contributed by atoms with Crippen LogP contribution in [-0.4, -0.2) is 70.9 Å². The van der Waals surface area contributed by atoms with Gasteiger partial charge in [-0.3, -0.25) is 9.59 Å². The van der Waals surface area contributed by atoms with Gasteiger partial charge < -0.3 is 39.6 Å². The molecule has 1 saturated heterocycles. The average molecular weight is 760 g/mol. The molecule has 1 atom stereocenters. The number of fused-ring (bicyclic) bond motifs is 1. The number of carboxylic acids is 1. The highest BCUT2D eigenvalue weighted by Gasteiger charge is 2.26. The van der Waals surface area contributed by atoms with Crippen LogP contribution in [0, 0.1) is 11.7 Å². The van der Waals surface area contributed by atoms with Crippen molar-refractivity contribution in [3.63, 3.8) is 0 Å². The van der Waals surface area contributed by atoms with Crippen LogP contribution in [0.4, 0.5) is 29.7 Å². The van der Waals surface area contributed by atoms with Gasteiger partial charge in [-0.2, -0.15) is 0 Å². The molecule has 15 heteroatoms. The maximum atomic E-state index is 15.2. The summed E-state index contributed by atoms with van der Waals surface area (Å²) in [5.41, 5.74) is 1.37. The van der Waals surface area contributed by atoms with Crippen LogP contribution in [0.25, 0.3) is 10.9 Å². The molecule has 1 aromatic heterocycles. The second-order valence-corrected chi connectivity index (χ2v) is 13.3. The Bertz CT molecular complexity index is 2110. The number of amides is 3. The molecule has 0 spiro atoms. The molecule has 5 rings (SSSR count). The van der Waals surface area contributed by atoms with Gasteiger partial charge in [0.05, 0.1) is 17.2 Å². The molecule has 4 aromatic rings. The summed E-state index contributed by atoms with van der Waals surface area (Å²) in [6, 6.07) is 17.3. The van der Waals surface area contributed by atoms with Gasteiger partial charge in [-0.25, -0.2) is 23.2 Å². The predicted molar refractivity (Wildman–Crippen MR) is 202 cm³/mol. The first-order valence-electron chi connectivity index (χ1n) is 17.8. The van der Waals surface area contributed by atoms with Crippen molar-refractivity contribution in [1.82, 2.24) is 14.8 Å². The van der Waals surface area contributed by atoms with Gasteiger partial charge in [0.25, 0.3) is 0 Å². The van der Waals surface area contributed by atoms with E-state index in [9.17, 15) is 29.1 Å². The standard InChI is InChI=1S/C40H43F2N5O8/c1-4-45-22-30(38(50)51)37(49)29-20-32(42)34(21-33(29)45)46-16-18-47(19-17-46)40(53)55-24-27-10-12-28(13-11-27)43-35(48)15-14-31(41)36(25(2)3)44-39(52)54-23-26-8-6-5-7-9-26/h5-14,20-22,25,36H,4,15-19,23-24H2,1-3H3,(H,43,48)(H,44,52)(H,50,51)/b31-14-. The lowest BCUT2D eigenvalue weighted by atomic mass is 10.0. The molecule has 0 aliphatic carbocycles.